The van der Waals surface area contributed by atoms with Gasteiger partial charge in [0.25, 0.3) is 0 Å². The zero-order chi connectivity index (χ0) is 29.9. The standard InChI is InChI=1S/C37H44F4O/c1-3-5-7-10-26-13-15-27(16-14-26)11-8-9-12-28-17-19-29(20-18-28)30-21-22-31(35(39)34(30)38)32-23-24-33(37(41)36(32)40)42-25-6-4-2/h9,12-16,21-24,28-29H,3-8,10-11,17-20,25H2,1-2H3/b12-9+. The van der Waals surface area contributed by atoms with E-state index in [1.807, 2.05) is 6.92 Å². The summed E-state index contributed by atoms with van der Waals surface area (Å²) in [6, 6.07) is 14.4. The summed E-state index contributed by atoms with van der Waals surface area (Å²) in [6.45, 7) is 4.45. The Morgan fingerprint density at radius 2 is 1.29 bits per heavy atom. The van der Waals surface area contributed by atoms with Gasteiger partial charge in [-0.15, -0.1) is 0 Å². The van der Waals surface area contributed by atoms with Gasteiger partial charge in [-0.1, -0.05) is 81.7 Å². The minimum Gasteiger partial charge on any atom is -0.490 e. The minimum atomic E-state index is -1.23. The van der Waals surface area contributed by atoms with E-state index in [2.05, 4.69) is 43.3 Å². The normalized spacial score (nSPS) is 17.2. The molecule has 0 aromatic heterocycles. The van der Waals surface area contributed by atoms with Gasteiger partial charge in [-0.05, 0) is 98.4 Å². The summed E-state index contributed by atoms with van der Waals surface area (Å²) in [5.41, 5.74) is 2.48. The van der Waals surface area contributed by atoms with Gasteiger partial charge in [0, 0.05) is 11.1 Å². The largest absolute Gasteiger partial charge is 0.490 e. The average Bonchev–Trinajstić information content (AvgIpc) is 3.01. The molecule has 0 aliphatic heterocycles. The van der Waals surface area contributed by atoms with Crippen LogP contribution in [0.15, 0.2) is 60.7 Å². The summed E-state index contributed by atoms with van der Waals surface area (Å²) in [5.74, 6) is -4.40. The van der Waals surface area contributed by atoms with Crippen LogP contribution in [0.25, 0.3) is 11.1 Å². The summed E-state index contributed by atoms with van der Waals surface area (Å²) >= 11 is 0. The number of benzene rings is 3. The fourth-order valence-corrected chi connectivity index (χ4v) is 5.88. The van der Waals surface area contributed by atoms with E-state index in [1.165, 1.54) is 54.7 Å². The second-order valence-corrected chi connectivity index (χ2v) is 11.6. The van der Waals surface area contributed by atoms with Crippen molar-refractivity contribution in [2.45, 2.75) is 96.8 Å². The Hall–Kier alpha value is -3.08. The van der Waals surface area contributed by atoms with E-state index in [0.717, 1.165) is 51.4 Å². The van der Waals surface area contributed by atoms with Gasteiger partial charge in [0.1, 0.15) is 0 Å². The van der Waals surface area contributed by atoms with E-state index in [9.17, 15) is 8.78 Å². The Bertz CT molecular complexity index is 1310. The molecule has 1 aliphatic carbocycles. The predicted octanol–water partition coefficient (Wildman–Crippen LogP) is 11.3. The van der Waals surface area contributed by atoms with Crippen molar-refractivity contribution in [3.8, 4) is 16.9 Å². The van der Waals surface area contributed by atoms with Crippen molar-refractivity contribution in [2.75, 3.05) is 6.61 Å². The number of aryl methyl sites for hydroxylation is 2. The molecule has 0 heterocycles. The summed E-state index contributed by atoms with van der Waals surface area (Å²) in [4.78, 5) is 0. The Kier molecular flexibility index (Phi) is 12.1. The van der Waals surface area contributed by atoms with E-state index < -0.39 is 23.3 Å². The Morgan fingerprint density at radius 1 is 0.667 bits per heavy atom. The maximum atomic E-state index is 15.2. The molecule has 3 aromatic carbocycles. The van der Waals surface area contributed by atoms with Crippen LogP contribution in [-0.4, -0.2) is 6.61 Å². The van der Waals surface area contributed by atoms with Crippen molar-refractivity contribution in [3.63, 3.8) is 0 Å². The van der Waals surface area contributed by atoms with E-state index in [0.29, 0.717) is 17.9 Å². The number of hydrogen-bond acceptors (Lipinski definition) is 1. The highest BCUT2D eigenvalue weighted by atomic mass is 19.2. The Balaban J connectivity index is 1.30. The average molecular weight is 581 g/mol. The van der Waals surface area contributed by atoms with Crippen molar-refractivity contribution in [1.82, 2.24) is 0 Å². The highest BCUT2D eigenvalue weighted by molar-refractivity contribution is 5.66. The van der Waals surface area contributed by atoms with Crippen molar-refractivity contribution >= 4 is 0 Å². The van der Waals surface area contributed by atoms with Crippen LogP contribution in [-0.2, 0) is 12.8 Å². The topological polar surface area (TPSA) is 9.23 Å². The van der Waals surface area contributed by atoms with Crippen LogP contribution < -0.4 is 4.74 Å². The Morgan fingerprint density at radius 3 is 1.95 bits per heavy atom. The third kappa shape index (κ3) is 8.26. The zero-order valence-corrected chi connectivity index (χ0v) is 25.0. The van der Waals surface area contributed by atoms with Crippen LogP contribution in [0.4, 0.5) is 17.6 Å². The third-order valence-electron chi connectivity index (χ3n) is 8.52. The van der Waals surface area contributed by atoms with Gasteiger partial charge >= 0.3 is 0 Å². The van der Waals surface area contributed by atoms with E-state index in [-0.39, 0.29) is 29.4 Å². The van der Waals surface area contributed by atoms with Crippen molar-refractivity contribution in [1.29, 1.82) is 0 Å². The molecule has 1 aliphatic rings. The highest BCUT2D eigenvalue weighted by Gasteiger charge is 2.27. The first-order valence-electron chi connectivity index (χ1n) is 15.8. The van der Waals surface area contributed by atoms with E-state index in [1.54, 1.807) is 0 Å². The molecule has 5 heteroatoms. The SMILES string of the molecule is CCCCCc1ccc(CC/C=C/C2CCC(c3ccc(-c4ccc(OCCCC)c(F)c4F)c(F)c3F)CC2)cc1. The third-order valence-corrected chi connectivity index (χ3v) is 8.52. The van der Waals surface area contributed by atoms with Crippen LogP contribution in [0, 0.1) is 29.2 Å². The van der Waals surface area contributed by atoms with Crippen LogP contribution >= 0.6 is 0 Å². The van der Waals surface area contributed by atoms with Gasteiger partial charge in [-0.3, -0.25) is 0 Å². The molecule has 1 saturated carbocycles. The molecule has 0 bridgehead atoms. The molecule has 0 saturated heterocycles. The number of halogens is 4. The zero-order valence-electron chi connectivity index (χ0n) is 25.0. The number of rotatable bonds is 14. The highest BCUT2D eigenvalue weighted by Crippen LogP contribution is 2.40. The summed E-state index contributed by atoms with van der Waals surface area (Å²) in [5, 5.41) is 0. The van der Waals surface area contributed by atoms with Crippen LogP contribution in [0.1, 0.15) is 101 Å². The van der Waals surface area contributed by atoms with Crippen LogP contribution in [0.5, 0.6) is 5.75 Å². The molecule has 0 N–H and O–H groups in total. The minimum absolute atomic E-state index is 0.0926. The van der Waals surface area contributed by atoms with Crippen molar-refractivity contribution in [3.05, 3.63) is 101 Å². The number of ether oxygens (including phenoxy) is 1. The molecule has 0 atom stereocenters. The molecule has 0 amide bonds. The molecule has 1 nitrogen and oxygen atoms in total. The maximum absolute atomic E-state index is 15.2. The monoisotopic (exact) mass is 580 g/mol. The van der Waals surface area contributed by atoms with Crippen LogP contribution in [0.3, 0.4) is 0 Å². The molecule has 0 radical (unpaired) electrons. The predicted molar refractivity (Wildman–Crippen MR) is 164 cm³/mol. The van der Waals surface area contributed by atoms with Gasteiger partial charge in [-0.25, -0.2) is 13.2 Å². The smallest absolute Gasteiger partial charge is 0.201 e. The second-order valence-electron chi connectivity index (χ2n) is 11.6. The number of allylic oxidation sites excluding steroid dienone is 2. The molecule has 1 fully saturated rings. The first kappa shape index (κ1) is 31.8. The second kappa shape index (κ2) is 16.0. The van der Waals surface area contributed by atoms with Crippen LogP contribution in [0.2, 0.25) is 0 Å². The summed E-state index contributed by atoms with van der Waals surface area (Å²) < 4.78 is 65.1. The number of hydrogen-bond donors (Lipinski definition) is 0. The lowest BCUT2D eigenvalue weighted by atomic mass is 9.78. The van der Waals surface area contributed by atoms with Gasteiger partial charge in [0.15, 0.2) is 23.2 Å². The van der Waals surface area contributed by atoms with Gasteiger partial charge in [0.2, 0.25) is 5.82 Å². The molecule has 226 valence electrons. The molecular formula is C37H44F4O. The lowest BCUT2D eigenvalue weighted by Crippen LogP contribution is -2.14. The number of unbranched alkanes of at least 4 members (excludes halogenated alkanes) is 3. The van der Waals surface area contributed by atoms with Gasteiger partial charge < -0.3 is 4.74 Å². The first-order chi connectivity index (χ1) is 20.4. The van der Waals surface area contributed by atoms with Gasteiger partial charge in [0.05, 0.1) is 6.61 Å². The molecule has 0 spiro atoms. The van der Waals surface area contributed by atoms with E-state index >= 15 is 8.78 Å². The fourth-order valence-electron chi connectivity index (χ4n) is 5.88. The fraction of sp³-hybridized carbons (Fsp3) is 0.459. The first-order valence-corrected chi connectivity index (χ1v) is 15.8. The molecule has 42 heavy (non-hydrogen) atoms. The van der Waals surface area contributed by atoms with E-state index in [4.69, 9.17) is 4.74 Å². The lowest BCUT2D eigenvalue weighted by Gasteiger charge is -2.27. The molecule has 4 rings (SSSR count). The summed E-state index contributed by atoms with van der Waals surface area (Å²) in [6.07, 6.45) is 16.4. The summed E-state index contributed by atoms with van der Waals surface area (Å²) in [7, 11) is 0. The van der Waals surface area contributed by atoms with Crippen molar-refractivity contribution in [2.24, 2.45) is 5.92 Å². The lowest BCUT2D eigenvalue weighted by molar-refractivity contribution is 0.289. The Labute approximate surface area is 249 Å². The molecule has 3 aromatic rings. The molecule has 0 unspecified atom stereocenters. The maximum Gasteiger partial charge on any atom is 0.201 e. The molecular weight excluding hydrogens is 536 g/mol. The van der Waals surface area contributed by atoms with Gasteiger partial charge in [-0.2, -0.15) is 4.39 Å². The quantitative estimate of drug-likeness (QED) is 0.105. The van der Waals surface area contributed by atoms with Crippen molar-refractivity contribution < 1.29 is 22.3 Å².